The first-order valence-corrected chi connectivity index (χ1v) is 17.6. The minimum atomic E-state index is 0. The summed E-state index contributed by atoms with van der Waals surface area (Å²) < 4.78 is 4.94. The van der Waals surface area contributed by atoms with Crippen LogP contribution < -0.4 is 47.2 Å². The van der Waals surface area contributed by atoms with Gasteiger partial charge in [0.05, 0.1) is 12.6 Å². The molecular formula is C34H63AlCl2LiN3O2. The van der Waals surface area contributed by atoms with Gasteiger partial charge in [0, 0.05) is 50.0 Å². The molecular weight excluding hydrogens is 587 g/mol. The minimum Gasteiger partial charge on any atom is -1.00 e. The van der Waals surface area contributed by atoms with Crippen molar-refractivity contribution in [3.8, 4) is 0 Å². The number of quaternary nitrogens is 1. The largest absolute Gasteiger partial charge is 1.00 e. The molecule has 13 aliphatic rings. The van der Waals surface area contributed by atoms with Crippen LogP contribution in [0.4, 0.5) is 0 Å². The van der Waals surface area contributed by atoms with Crippen molar-refractivity contribution in [2.75, 3.05) is 26.3 Å². The van der Waals surface area contributed by atoms with Crippen molar-refractivity contribution in [2.24, 2.45) is 53.3 Å². The van der Waals surface area contributed by atoms with E-state index in [1.165, 1.54) is 70.9 Å². The Bertz CT molecular complexity index is 736. The Morgan fingerprint density at radius 3 is 1.63 bits per heavy atom. The zero-order valence-corrected chi connectivity index (χ0v) is 28.0. The molecule has 7 saturated heterocycles. The van der Waals surface area contributed by atoms with Crippen molar-refractivity contribution in [1.29, 1.82) is 0 Å². The van der Waals surface area contributed by atoms with Gasteiger partial charge in [0.2, 0.25) is 5.91 Å². The maximum atomic E-state index is 11.6. The fourth-order valence-corrected chi connectivity index (χ4v) is 11.5. The molecule has 6 aliphatic carbocycles. The molecule has 43 heavy (non-hydrogen) atoms. The molecule has 7 heterocycles. The third-order valence-electron chi connectivity index (χ3n) is 12.7. The van der Waals surface area contributed by atoms with Crippen LogP contribution in [0.15, 0.2) is 0 Å². The second kappa shape index (κ2) is 18.0. The number of hydrogen-bond donors (Lipinski definition) is 3. The Morgan fingerprint density at radius 2 is 1.09 bits per heavy atom. The van der Waals surface area contributed by atoms with E-state index in [2.05, 4.69) is 16.0 Å². The maximum absolute atomic E-state index is 11.6. The summed E-state index contributed by atoms with van der Waals surface area (Å²) in [6.45, 7) is 4.79. The smallest absolute Gasteiger partial charge is 1.00 e. The van der Waals surface area contributed by atoms with E-state index in [1.54, 1.807) is 51.4 Å². The van der Waals surface area contributed by atoms with Gasteiger partial charge in [-0.25, -0.2) is 0 Å². The summed E-state index contributed by atoms with van der Waals surface area (Å²) in [5.74, 6) is 9.09. The summed E-state index contributed by atoms with van der Waals surface area (Å²) in [5, 5.41) is 9.51. The fraction of sp³-hybridized carbons (Fsp3) is 0.971. The fourth-order valence-electron chi connectivity index (χ4n) is 11.5. The molecule has 7 aliphatic heterocycles. The molecule has 0 spiro atoms. The van der Waals surface area contributed by atoms with E-state index in [-0.39, 0.29) is 62.5 Å². The Balaban J connectivity index is 0.000000203. The van der Waals surface area contributed by atoms with E-state index < -0.39 is 0 Å². The average Bonchev–Trinajstić information content (AvgIpc) is 3.25. The van der Waals surface area contributed by atoms with Crippen molar-refractivity contribution in [3.05, 3.63) is 0 Å². The van der Waals surface area contributed by atoms with Crippen LogP contribution in [0, 0.1) is 53.3 Å². The molecule has 0 aromatic rings. The number of rotatable bonds is 0. The molecule has 0 aromatic carbocycles. The second-order valence-corrected chi connectivity index (χ2v) is 16.0. The molecule has 6 atom stereocenters. The molecule has 13 fully saturated rings. The van der Waals surface area contributed by atoms with E-state index in [9.17, 15) is 4.79 Å². The molecule has 4 N–H and O–H groups in total. The van der Waals surface area contributed by atoms with E-state index >= 15 is 0 Å². The predicted octanol–water partition coefficient (Wildman–Crippen LogP) is -1.99. The first kappa shape index (κ1) is 38.5. The van der Waals surface area contributed by atoms with E-state index in [4.69, 9.17) is 4.74 Å². The van der Waals surface area contributed by atoms with Crippen molar-refractivity contribution in [1.82, 2.24) is 10.6 Å². The predicted molar refractivity (Wildman–Crippen MR) is 173 cm³/mol. The zero-order chi connectivity index (χ0) is 26.2. The van der Waals surface area contributed by atoms with Crippen LogP contribution in [-0.2, 0) is 9.53 Å². The van der Waals surface area contributed by atoms with Crippen molar-refractivity contribution >= 4 is 35.7 Å². The molecule has 5 nitrogen and oxygen atoms in total. The number of nitrogens with one attached hydrogen (secondary N) is 2. The third-order valence-corrected chi connectivity index (χ3v) is 12.7. The molecule has 12 bridgehead atoms. The number of hydrogen-bond acceptors (Lipinski definition) is 3. The first-order chi connectivity index (χ1) is 19.1. The summed E-state index contributed by atoms with van der Waals surface area (Å²) in [6.07, 6.45) is 24.3. The van der Waals surface area contributed by atoms with Crippen LogP contribution in [0.3, 0.4) is 0 Å². The Morgan fingerprint density at radius 1 is 0.628 bits per heavy atom. The van der Waals surface area contributed by atoms with Gasteiger partial charge in [0.1, 0.15) is 0 Å². The molecule has 0 aromatic heterocycles. The van der Waals surface area contributed by atoms with Crippen LogP contribution in [-0.4, -0.2) is 67.7 Å². The van der Waals surface area contributed by atoms with E-state index in [0.717, 1.165) is 72.6 Å². The van der Waals surface area contributed by atoms with E-state index in [0.29, 0.717) is 17.9 Å². The van der Waals surface area contributed by atoms with Gasteiger partial charge in [-0.05, 0) is 144 Å². The summed E-state index contributed by atoms with van der Waals surface area (Å²) in [7, 11) is 0. The standard InChI is InChI=1S/C10H15NO.2C10H17N.C4H8O.Al.2ClH.Li.4H/c12-10-8-2-6-1-7(3-8)5-9(4-6)11-10;2*1-7-2-9-3-8(1)5-10(4-7)11-6-9;1-2-4-5-3-1;;;;;;;;/h6-9H,1-5H2,(H,11,12);2*7-11H,1-6H2;1-4H2;;2*1H;;;;;/q;;;;;;;+1;;;;-1. The van der Waals surface area contributed by atoms with E-state index in [1.807, 2.05) is 0 Å². The minimum absolute atomic E-state index is 0. The van der Waals surface area contributed by atoms with Gasteiger partial charge >= 0.3 is 18.9 Å². The van der Waals surface area contributed by atoms with Crippen molar-refractivity contribution in [2.45, 2.75) is 127 Å². The number of ether oxygens (including phenoxy) is 1. The average molecular weight is 651 g/mol. The van der Waals surface area contributed by atoms with Crippen LogP contribution in [0.5, 0.6) is 0 Å². The van der Waals surface area contributed by atoms with Gasteiger partial charge < -0.3 is 34.5 Å². The summed E-state index contributed by atoms with van der Waals surface area (Å²) in [4.78, 5) is 11.6. The first-order valence-electron chi connectivity index (χ1n) is 17.6. The number of nitrogens with two attached hydrogens (primary N) is 1. The number of fused-ring (bicyclic) bond motifs is 3. The number of halogens is 2. The third kappa shape index (κ3) is 10.3. The second-order valence-electron chi connectivity index (χ2n) is 16.0. The Hall–Kier alpha value is 1.06. The van der Waals surface area contributed by atoms with Crippen molar-refractivity contribution in [3.63, 3.8) is 0 Å². The summed E-state index contributed by atoms with van der Waals surface area (Å²) in [6, 6.07) is 2.48. The Labute approximate surface area is 299 Å². The van der Waals surface area contributed by atoms with Gasteiger partial charge in [-0.3, -0.25) is 4.79 Å². The molecule has 244 valence electrons. The number of carbonyl (C=O) groups excluding carboxylic acids is 1. The molecule has 0 radical (unpaired) electrons. The number of amides is 1. The summed E-state index contributed by atoms with van der Waals surface area (Å²) >= 11 is 0. The quantitative estimate of drug-likeness (QED) is 0.266. The summed E-state index contributed by atoms with van der Waals surface area (Å²) in [5.41, 5.74) is 0. The van der Waals surface area contributed by atoms with Crippen LogP contribution in [0.2, 0.25) is 0 Å². The van der Waals surface area contributed by atoms with Crippen molar-refractivity contribution < 1.29 is 47.5 Å². The van der Waals surface area contributed by atoms with Gasteiger partial charge in [0.25, 0.3) is 0 Å². The molecule has 6 unspecified atom stereocenters. The van der Waals surface area contributed by atoms with Crippen LogP contribution in [0.25, 0.3) is 0 Å². The molecule has 13 rings (SSSR count). The van der Waals surface area contributed by atoms with Crippen LogP contribution >= 0.6 is 12.4 Å². The van der Waals surface area contributed by atoms with Gasteiger partial charge in [-0.15, -0.1) is 12.4 Å². The van der Waals surface area contributed by atoms with Gasteiger partial charge in [0.15, 0.2) is 17.4 Å². The Kier molecular flexibility index (Phi) is 16.1. The van der Waals surface area contributed by atoms with Gasteiger partial charge in [-0.2, -0.15) is 0 Å². The monoisotopic (exact) mass is 649 g/mol. The number of carbonyl (C=O) groups is 1. The zero-order valence-electron chi connectivity index (χ0n) is 27.5. The molecule has 9 heteroatoms. The normalized spacial score (nSPS) is 44.8. The molecule has 6 saturated carbocycles. The van der Waals surface area contributed by atoms with Gasteiger partial charge in [-0.1, -0.05) is 0 Å². The SMILES string of the molecule is C1CCOC1.C1NC2CC3CC1CC(C3)C2.C1[NH2+]C2CC3CC1CC(C3)C2.Cl.O=C1NC2CC3CC(C2)CC1C3.[AlH3].[Cl-].[H-].[Li+]. The molecule has 1 amide bonds. The maximum Gasteiger partial charge on any atom is 1.00 e. The van der Waals surface area contributed by atoms with Crippen LogP contribution in [0.1, 0.15) is 111 Å². The topological polar surface area (TPSA) is 67.0 Å².